The third kappa shape index (κ3) is 4.14. The van der Waals surface area contributed by atoms with Crippen molar-refractivity contribution in [1.82, 2.24) is 0 Å². The van der Waals surface area contributed by atoms with Gasteiger partial charge in [0.05, 0.1) is 6.04 Å². The first-order chi connectivity index (χ1) is 4.95. The summed E-state index contributed by atoms with van der Waals surface area (Å²) in [5.74, 6) is 0.759. The summed E-state index contributed by atoms with van der Waals surface area (Å²) >= 11 is 0. The molecule has 0 aromatic heterocycles. The lowest BCUT2D eigenvalue weighted by atomic mass is 10.1. The molecule has 0 amide bonds. The maximum atomic E-state index is 11.3. The molecule has 0 aliphatic heterocycles. The van der Waals surface area contributed by atoms with Gasteiger partial charge in [-0.15, -0.1) is 0 Å². The maximum absolute atomic E-state index is 11.3. The Morgan fingerprint density at radius 1 is 1.27 bits per heavy atom. The minimum absolute atomic E-state index is 0.0729. The predicted molar refractivity (Wildman–Crippen MR) is 47.3 cm³/mol. The molecule has 2 nitrogen and oxygen atoms in total. The van der Waals surface area contributed by atoms with E-state index in [-0.39, 0.29) is 17.7 Å². The van der Waals surface area contributed by atoms with Crippen molar-refractivity contribution in [1.29, 1.82) is 0 Å². The van der Waals surface area contributed by atoms with Crippen molar-refractivity contribution < 1.29 is 4.79 Å². The molecule has 0 aliphatic carbocycles. The highest BCUT2D eigenvalue weighted by molar-refractivity contribution is 5.85. The average molecular weight is 161 g/mol. The fraction of sp³-hybridized carbons (Fsp3) is 0.889. The highest BCUT2D eigenvalue weighted by atomic mass is 18.1. The molecule has 0 aromatic rings. The van der Waals surface area contributed by atoms with E-state index in [1.807, 2.05) is 13.8 Å². The van der Waals surface area contributed by atoms with E-state index in [0.29, 0.717) is 5.92 Å². The van der Waals surface area contributed by atoms with Crippen molar-refractivity contribution in [3.63, 3.8) is 0 Å². The lowest BCUT2D eigenvalue weighted by Crippen LogP contribution is -2.34. The van der Waals surface area contributed by atoms with Crippen LogP contribution in [-0.4, -0.2) is 11.8 Å². The van der Waals surface area contributed by atoms with Crippen molar-refractivity contribution in [2.45, 2.75) is 40.2 Å². The van der Waals surface area contributed by atoms with Gasteiger partial charge in [0.15, 0.2) is 5.78 Å². The number of carbonyl (C=O) groups excluding carboxylic acids is 1. The van der Waals surface area contributed by atoms with Crippen LogP contribution in [0.25, 0.3) is 0 Å². The SMILES string of the molecule is CC(C)CC([15NH2])[13C](=[18O])C(C)C. The first-order valence-electron chi connectivity index (χ1n) is 4.24. The second-order valence-corrected chi connectivity index (χ2v) is 3.79. The Morgan fingerprint density at radius 3 is 2.00 bits per heavy atom. The molecule has 2 N–H and O–H groups in total. The predicted octanol–water partition coefficient (Wildman–Crippen LogP) is 1.58. The van der Waals surface area contributed by atoms with Crippen LogP contribution in [0.1, 0.15) is 34.1 Å². The highest BCUT2D eigenvalue weighted by Crippen LogP contribution is 2.07. The van der Waals surface area contributed by atoms with Gasteiger partial charge in [-0.05, 0) is 12.3 Å². The van der Waals surface area contributed by atoms with Crippen LogP contribution in [0.3, 0.4) is 0 Å². The zero-order chi connectivity index (χ0) is 9.02. The molecule has 2 heteroatoms. The third-order valence-corrected chi connectivity index (χ3v) is 1.66. The van der Waals surface area contributed by atoms with Crippen molar-refractivity contribution in [3.05, 3.63) is 0 Å². The topological polar surface area (TPSA) is 43.1 Å². The number of hydrogen-bond acceptors (Lipinski definition) is 2. The molecule has 1 atom stereocenters. The number of hydrogen-bond donors (Lipinski definition) is 1. The summed E-state index contributed by atoms with van der Waals surface area (Å²) < 4.78 is 0. The van der Waals surface area contributed by atoms with Gasteiger partial charge in [-0.25, -0.2) is 0 Å². The molecule has 11 heavy (non-hydrogen) atoms. The molecule has 0 aliphatic rings. The Hall–Kier alpha value is -0.370. The largest absolute Gasteiger partial charge is 0.321 e. The van der Waals surface area contributed by atoms with Crippen molar-refractivity contribution in [3.8, 4) is 0 Å². The fourth-order valence-electron chi connectivity index (χ4n) is 1.05. The van der Waals surface area contributed by atoms with Crippen LogP contribution in [0.5, 0.6) is 0 Å². The molecular weight excluding hydrogens is 142 g/mol. The van der Waals surface area contributed by atoms with E-state index in [4.69, 9.17) is 5.73 Å². The first-order valence-corrected chi connectivity index (χ1v) is 4.24. The molecular formula is C9H19NO. The van der Waals surface area contributed by atoms with Crippen LogP contribution in [0, 0.1) is 11.8 Å². The quantitative estimate of drug-likeness (QED) is 0.386. The van der Waals surface area contributed by atoms with E-state index in [1.54, 1.807) is 0 Å². The number of Topliss-reactive ketones (excluding diaryl/α,β-unsaturated/α-hetero) is 1. The van der Waals surface area contributed by atoms with Gasteiger partial charge in [0.25, 0.3) is 0 Å². The van der Waals surface area contributed by atoms with E-state index in [2.05, 4.69) is 13.8 Å². The summed E-state index contributed by atoms with van der Waals surface area (Å²) in [6.07, 6.45) is 0.803. The van der Waals surface area contributed by atoms with Crippen LogP contribution < -0.4 is 5.73 Å². The molecule has 0 fully saturated rings. The Morgan fingerprint density at radius 2 is 1.73 bits per heavy atom. The minimum Gasteiger partial charge on any atom is -0.321 e. The second-order valence-electron chi connectivity index (χ2n) is 3.79. The smallest absolute Gasteiger partial charge is 0.152 e. The Balaban J connectivity index is 3.83. The summed E-state index contributed by atoms with van der Waals surface area (Å²) in [4.78, 5) is 11.3. The van der Waals surface area contributed by atoms with Gasteiger partial charge in [-0.1, -0.05) is 27.7 Å². The monoisotopic (exact) mass is 161 g/mol. The van der Waals surface area contributed by atoms with Gasteiger partial charge in [-0.3, -0.25) is 4.79 Å². The van der Waals surface area contributed by atoms with Crippen LogP contribution in [0.15, 0.2) is 0 Å². The second kappa shape index (κ2) is 4.50. The van der Waals surface area contributed by atoms with Gasteiger partial charge < -0.3 is 5.73 Å². The number of rotatable bonds is 4. The van der Waals surface area contributed by atoms with Crippen LogP contribution in [0.2, 0.25) is 0 Å². The zero-order valence-corrected chi connectivity index (χ0v) is 7.92. The number of carbonyl (C=O) groups is 1. The molecule has 0 aromatic carbocycles. The van der Waals surface area contributed by atoms with Crippen LogP contribution in [-0.2, 0) is 4.79 Å². The molecule has 0 saturated carbocycles. The first kappa shape index (κ1) is 10.6. The number of ketones is 1. The normalized spacial score (nSPS) is 14.1. The van der Waals surface area contributed by atoms with Gasteiger partial charge in [0, 0.05) is 5.92 Å². The summed E-state index contributed by atoms with van der Waals surface area (Å²) in [5, 5.41) is 0. The van der Waals surface area contributed by atoms with Gasteiger partial charge in [0.2, 0.25) is 0 Å². The summed E-state index contributed by atoms with van der Waals surface area (Å²) in [6.45, 7) is 7.94. The third-order valence-electron chi connectivity index (χ3n) is 1.66. The fourth-order valence-corrected chi connectivity index (χ4v) is 1.05. The number of nitrogens with two attached hydrogens (primary N) is 1. The Bertz CT molecular complexity index is 130. The van der Waals surface area contributed by atoms with E-state index in [1.165, 1.54) is 0 Å². The molecule has 1 unspecified atom stereocenters. The molecule has 0 spiro atoms. The van der Waals surface area contributed by atoms with Gasteiger partial charge >= 0.3 is 0 Å². The standard InChI is InChI=1S/C9H19NO/c1-6(2)5-8(10)9(11)7(3)4/h6-8H,5,10H2,1-4H3/i9+1,10+1,11+2. The van der Waals surface area contributed by atoms with Crippen LogP contribution >= 0.6 is 0 Å². The minimum atomic E-state index is -0.255. The van der Waals surface area contributed by atoms with Crippen molar-refractivity contribution in [2.24, 2.45) is 17.6 Å². The Kier molecular flexibility index (Phi) is 4.34. The van der Waals surface area contributed by atoms with E-state index < -0.39 is 0 Å². The highest BCUT2D eigenvalue weighted by Gasteiger charge is 2.17. The van der Waals surface area contributed by atoms with Gasteiger partial charge in [0.1, 0.15) is 0 Å². The average Bonchev–Trinajstić information content (AvgIpc) is 1.84. The lowest BCUT2D eigenvalue weighted by Gasteiger charge is -2.14. The maximum Gasteiger partial charge on any atom is 0.152 e. The lowest BCUT2D eigenvalue weighted by molar-refractivity contribution is -0.123. The molecule has 0 saturated heterocycles. The van der Waals surface area contributed by atoms with E-state index in [0.717, 1.165) is 6.42 Å². The summed E-state index contributed by atoms with van der Waals surface area (Å²) in [5.41, 5.74) is 5.67. The van der Waals surface area contributed by atoms with Crippen molar-refractivity contribution >= 4 is 5.78 Å². The zero-order valence-electron chi connectivity index (χ0n) is 7.92. The molecule has 66 valence electrons. The van der Waals surface area contributed by atoms with E-state index in [9.17, 15) is 4.79 Å². The molecule has 0 radical (unpaired) electrons. The molecule has 0 heterocycles. The van der Waals surface area contributed by atoms with Crippen LogP contribution in [0.4, 0.5) is 0 Å². The van der Waals surface area contributed by atoms with Crippen molar-refractivity contribution in [2.75, 3.05) is 0 Å². The summed E-state index contributed by atoms with van der Waals surface area (Å²) in [7, 11) is 0. The summed E-state index contributed by atoms with van der Waals surface area (Å²) in [6, 6.07) is -0.255. The molecule has 0 bridgehead atoms. The Labute approximate surface area is 69.2 Å². The van der Waals surface area contributed by atoms with Gasteiger partial charge in [-0.2, -0.15) is 0 Å². The molecule has 0 rings (SSSR count). The van der Waals surface area contributed by atoms with E-state index >= 15 is 0 Å².